The standard InChI is InChI=1S/C20H21FN6O2/c1-12(5-4-8-28)27(23)20-16(21)10-15(18(22)29)19(26-20)25-14-9-13-6-2-3-7-17(13)24-11-14/h2-3,6-12H,4-5,23H2,1H3,(H2,22,29)(H,25,26). The van der Waals surface area contributed by atoms with Crippen LogP contribution in [0.15, 0.2) is 42.6 Å². The number of rotatable bonds is 8. The molecule has 0 radical (unpaired) electrons. The molecule has 0 bridgehead atoms. The van der Waals surface area contributed by atoms with Crippen molar-refractivity contribution in [3.05, 3.63) is 54.0 Å². The van der Waals surface area contributed by atoms with Crippen LogP contribution >= 0.6 is 0 Å². The molecule has 0 spiro atoms. The summed E-state index contributed by atoms with van der Waals surface area (Å²) < 4.78 is 14.6. The third-order valence-corrected chi connectivity index (χ3v) is 4.50. The largest absolute Gasteiger partial charge is 0.365 e. The number of aldehydes is 1. The molecule has 0 saturated carbocycles. The lowest BCUT2D eigenvalue weighted by atomic mass is 10.1. The molecule has 0 fully saturated rings. The summed E-state index contributed by atoms with van der Waals surface area (Å²) in [4.78, 5) is 30.9. The first kappa shape index (κ1) is 20.2. The number of nitrogens with one attached hydrogen (secondary N) is 1. The molecule has 1 amide bonds. The van der Waals surface area contributed by atoms with Gasteiger partial charge in [0.25, 0.3) is 5.91 Å². The minimum absolute atomic E-state index is 0.0593. The highest BCUT2D eigenvalue weighted by Gasteiger charge is 2.21. The summed E-state index contributed by atoms with van der Waals surface area (Å²) in [5.41, 5.74) is 6.63. The number of benzene rings is 1. The third-order valence-electron chi connectivity index (χ3n) is 4.50. The second-order valence-electron chi connectivity index (χ2n) is 6.60. The van der Waals surface area contributed by atoms with Crippen molar-refractivity contribution in [1.29, 1.82) is 0 Å². The van der Waals surface area contributed by atoms with E-state index in [1.165, 1.54) is 0 Å². The van der Waals surface area contributed by atoms with Gasteiger partial charge in [0, 0.05) is 17.8 Å². The van der Waals surface area contributed by atoms with E-state index in [2.05, 4.69) is 15.3 Å². The van der Waals surface area contributed by atoms with Crippen molar-refractivity contribution in [3.8, 4) is 0 Å². The quantitative estimate of drug-likeness (QED) is 0.303. The van der Waals surface area contributed by atoms with Crippen molar-refractivity contribution in [2.24, 2.45) is 11.6 Å². The van der Waals surface area contributed by atoms with Gasteiger partial charge >= 0.3 is 0 Å². The number of anilines is 3. The van der Waals surface area contributed by atoms with E-state index < -0.39 is 11.7 Å². The Morgan fingerprint density at radius 2 is 2.10 bits per heavy atom. The fraction of sp³-hybridized carbons (Fsp3) is 0.200. The van der Waals surface area contributed by atoms with E-state index in [1.807, 2.05) is 30.3 Å². The number of fused-ring (bicyclic) bond motifs is 1. The lowest BCUT2D eigenvalue weighted by Crippen LogP contribution is -2.41. The average molecular weight is 396 g/mol. The Bertz CT molecular complexity index is 1060. The van der Waals surface area contributed by atoms with Crippen LogP contribution in [0.5, 0.6) is 0 Å². The highest BCUT2D eigenvalue weighted by Crippen LogP contribution is 2.27. The Balaban J connectivity index is 1.98. The van der Waals surface area contributed by atoms with E-state index in [-0.39, 0.29) is 29.7 Å². The molecule has 150 valence electrons. The van der Waals surface area contributed by atoms with Crippen molar-refractivity contribution in [2.45, 2.75) is 25.8 Å². The van der Waals surface area contributed by atoms with E-state index in [0.717, 1.165) is 28.3 Å². The number of hydrogen-bond donors (Lipinski definition) is 3. The zero-order valence-electron chi connectivity index (χ0n) is 15.8. The van der Waals surface area contributed by atoms with E-state index in [9.17, 15) is 14.0 Å². The zero-order valence-corrected chi connectivity index (χ0v) is 15.8. The fourth-order valence-corrected chi connectivity index (χ4v) is 2.88. The van der Waals surface area contributed by atoms with Gasteiger partial charge in [0.1, 0.15) is 12.1 Å². The van der Waals surface area contributed by atoms with Crippen LogP contribution in [0.25, 0.3) is 10.9 Å². The van der Waals surface area contributed by atoms with E-state index in [0.29, 0.717) is 12.1 Å². The molecule has 1 atom stereocenters. The molecule has 2 aromatic heterocycles. The maximum Gasteiger partial charge on any atom is 0.252 e. The van der Waals surface area contributed by atoms with Gasteiger partial charge in [-0.3, -0.25) is 14.8 Å². The fourth-order valence-electron chi connectivity index (χ4n) is 2.88. The Labute approximate surface area is 166 Å². The summed E-state index contributed by atoms with van der Waals surface area (Å²) in [6.45, 7) is 1.74. The summed E-state index contributed by atoms with van der Waals surface area (Å²) in [6, 6.07) is 9.99. The monoisotopic (exact) mass is 396 g/mol. The predicted molar refractivity (Wildman–Crippen MR) is 109 cm³/mol. The van der Waals surface area contributed by atoms with Gasteiger partial charge in [0.05, 0.1) is 23.0 Å². The summed E-state index contributed by atoms with van der Waals surface area (Å²) in [5, 5.41) is 4.98. The first-order valence-corrected chi connectivity index (χ1v) is 9.00. The topological polar surface area (TPSA) is 127 Å². The number of nitrogens with two attached hydrogens (primary N) is 2. The van der Waals surface area contributed by atoms with Crippen molar-refractivity contribution >= 4 is 40.4 Å². The van der Waals surface area contributed by atoms with Crippen LogP contribution in [-0.2, 0) is 4.79 Å². The van der Waals surface area contributed by atoms with Gasteiger partial charge in [0.15, 0.2) is 11.6 Å². The van der Waals surface area contributed by atoms with Crippen molar-refractivity contribution in [2.75, 3.05) is 10.3 Å². The summed E-state index contributed by atoms with van der Waals surface area (Å²) >= 11 is 0. The first-order valence-electron chi connectivity index (χ1n) is 9.00. The zero-order chi connectivity index (χ0) is 21.0. The number of aromatic nitrogens is 2. The molecule has 3 aromatic rings. The van der Waals surface area contributed by atoms with Crippen LogP contribution < -0.4 is 21.9 Å². The number of carbonyl (C=O) groups is 2. The van der Waals surface area contributed by atoms with Crippen LogP contribution in [0.1, 0.15) is 30.1 Å². The van der Waals surface area contributed by atoms with E-state index in [1.54, 1.807) is 13.1 Å². The molecule has 3 rings (SSSR count). The molecule has 9 heteroatoms. The normalized spacial score (nSPS) is 11.8. The Morgan fingerprint density at radius 3 is 2.83 bits per heavy atom. The summed E-state index contributed by atoms with van der Waals surface area (Å²) in [5.74, 6) is 4.27. The maximum absolute atomic E-state index is 14.6. The molecule has 8 nitrogen and oxygen atoms in total. The maximum atomic E-state index is 14.6. The van der Waals surface area contributed by atoms with Gasteiger partial charge in [-0.05, 0) is 31.5 Å². The Morgan fingerprint density at radius 1 is 1.34 bits per heavy atom. The SMILES string of the molecule is CC(CCC=O)N(N)c1nc(Nc2cnc3ccccc3c2)c(C(N)=O)cc1F. The number of para-hydroxylation sites is 1. The summed E-state index contributed by atoms with van der Waals surface area (Å²) in [6.07, 6.45) is 3.05. The van der Waals surface area contributed by atoms with E-state index >= 15 is 0 Å². The number of pyridine rings is 2. The number of amides is 1. The number of carbonyl (C=O) groups excluding carboxylic acids is 2. The van der Waals surface area contributed by atoms with Gasteiger partial charge in [-0.25, -0.2) is 15.2 Å². The van der Waals surface area contributed by atoms with Crippen molar-refractivity contribution < 1.29 is 14.0 Å². The number of halogens is 1. The molecular weight excluding hydrogens is 375 g/mol. The van der Waals surface area contributed by atoms with Crippen LogP contribution in [0.4, 0.5) is 21.7 Å². The van der Waals surface area contributed by atoms with Crippen molar-refractivity contribution in [3.63, 3.8) is 0 Å². The summed E-state index contributed by atoms with van der Waals surface area (Å²) in [7, 11) is 0. The minimum Gasteiger partial charge on any atom is -0.365 e. The van der Waals surface area contributed by atoms with Gasteiger partial charge in [-0.1, -0.05) is 18.2 Å². The van der Waals surface area contributed by atoms with Crippen molar-refractivity contribution in [1.82, 2.24) is 9.97 Å². The Hall–Kier alpha value is -3.59. The molecule has 5 N–H and O–H groups in total. The van der Waals surface area contributed by atoms with Gasteiger partial charge in [-0.15, -0.1) is 0 Å². The second-order valence-corrected chi connectivity index (χ2v) is 6.60. The number of hydrogen-bond acceptors (Lipinski definition) is 7. The molecule has 0 aliphatic carbocycles. The second kappa shape index (κ2) is 8.61. The predicted octanol–water partition coefficient (Wildman–Crippen LogP) is 2.66. The molecule has 29 heavy (non-hydrogen) atoms. The van der Waals surface area contributed by atoms with Gasteiger partial charge < -0.3 is 15.8 Å². The third kappa shape index (κ3) is 4.46. The first-order chi connectivity index (χ1) is 13.9. The molecule has 1 unspecified atom stereocenters. The van der Waals surface area contributed by atoms with Crippen LogP contribution in [-0.4, -0.2) is 28.2 Å². The molecular formula is C20H21FN6O2. The highest BCUT2D eigenvalue weighted by molar-refractivity contribution is 5.99. The molecule has 2 heterocycles. The van der Waals surface area contributed by atoms with E-state index in [4.69, 9.17) is 11.6 Å². The van der Waals surface area contributed by atoms with Gasteiger partial charge in [0.2, 0.25) is 0 Å². The number of nitrogens with zero attached hydrogens (tertiary/aromatic N) is 3. The van der Waals surface area contributed by atoms with Crippen LogP contribution in [0.3, 0.4) is 0 Å². The number of primary amides is 1. The molecule has 0 aliphatic rings. The molecule has 1 aromatic carbocycles. The smallest absolute Gasteiger partial charge is 0.252 e. The lowest BCUT2D eigenvalue weighted by molar-refractivity contribution is -0.108. The molecule has 0 saturated heterocycles. The van der Waals surface area contributed by atoms with Gasteiger partial charge in [-0.2, -0.15) is 0 Å². The Kier molecular flexibility index (Phi) is 5.99. The average Bonchev–Trinajstić information content (AvgIpc) is 2.72. The van der Waals surface area contributed by atoms with Crippen LogP contribution in [0, 0.1) is 5.82 Å². The molecule has 0 aliphatic heterocycles. The number of hydrazine groups is 1. The minimum atomic E-state index is -0.836. The lowest BCUT2D eigenvalue weighted by Gasteiger charge is -2.26. The highest BCUT2D eigenvalue weighted by atomic mass is 19.1. The van der Waals surface area contributed by atoms with Crippen LogP contribution in [0.2, 0.25) is 0 Å².